The lowest BCUT2D eigenvalue weighted by Crippen LogP contribution is -2.35. The summed E-state index contributed by atoms with van der Waals surface area (Å²) in [5.41, 5.74) is 2.81. The topological polar surface area (TPSA) is 24.9 Å². The van der Waals surface area contributed by atoms with E-state index in [4.69, 9.17) is 4.98 Å². The minimum atomic E-state index is 0.191. The minimum Gasteiger partial charge on any atom is -0.309 e. The van der Waals surface area contributed by atoms with Gasteiger partial charge in [-0.15, -0.1) is 11.3 Å². The molecule has 1 aliphatic rings. The Morgan fingerprint density at radius 3 is 2.65 bits per heavy atom. The Bertz CT molecular complexity index is 557. The maximum absolute atomic E-state index is 4.96. The van der Waals surface area contributed by atoms with Crippen molar-refractivity contribution in [1.29, 1.82) is 0 Å². The molecule has 1 unspecified atom stereocenters. The van der Waals surface area contributed by atoms with Crippen LogP contribution in [0.1, 0.15) is 55.4 Å². The van der Waals surface area contributed by atoms with E-state index in [-0.39, 0.29) is 5.41 Å². The Hall–Kier alpha value is -1.19. The van der Waals surface area contributed by atoms with Crippen LogP contribution in [0.25, 0.3) is 0 Å². The molecular formula is C17H22N2S. The third-order valence-electron chi connectivity index (χ3n) is 4.42. The lowest BCUT2D eigenvalue weighted by molar-refractivity contribution is 0.299. The molecule has 20 heavy (non-hydrogen) atoms. The van der Waals surface area contributed by atoms with Crippen molar-refractivity contribution < 1.29 is 0 Å². The number of aromatic nitrogens is 1. The first-order valence-electron chi connectivity index (χ1n) is 7.51. The Labute approximate surface area is 125 Å². The monoisotopic (exact) mass is 286 g/mol. The minimum absolute atomic E-state index is 0.191. The molecule has 1 aromatic carbocycles. The highest BCUT2D eigenvalue weighted by Crippen LogP contribution is 2.49. The Morgan fingerprint density at radius 2 is 2.05 bits per heavy atom. The average molecular weight is 286 g/mol. The van der Waals surface area contributed by atoms with Crippen molar-refractivity contribution in [3.05, 3.63) is 52.0 Å². The predicted molar refractivity (Wildman–Crippen MR) is 85.3 cm³/mol. The molecule has 1 aromatic heterocycles. The van der Waals surface area contributed by atoms with Gasteiger partial charge in [0.25, 0.3) is 0 Å². The maximum atomic E-state index is 4.96. The molecule has 3 rings (SSSR count). The van der Waals surface area contributed by atoms with Crippen molar-refractivity contribution in [2.24, 2.45) is 0 Å². The summed E-state index contributed by atoms with van der Waals surface area (Å²) in [4.78, 5) is 4.96. The largest absolute Gasteiger partial charge is 0.309 e. The smallest absolute Gasteiger partial charge is 0.103 e. The average Bonchev–Trinajstić information content (AvgIpc) is 2.89. The van der Waals surface area contributed by atoms with Crippen molar-refractivity contribution in [3.63, 3.8) is 0 Å². The molecule has 1 atom stereocenters. The molecule has 1 saturated carbocycles. The summed E-state index contributed by atoms with van der Waals surface area (Å²) >= 11 is 1.83. The molecule has 1 heterocycles. The molecular weight excluding hydrogens is 264 g/mol. The van der Waals surface area contributed by atoms with Crippen LogP contribution in [0.15, 0.2) is 35.7 Å². The number of thiazole rings is 1. The van der Waals surface area contributed by atoms with Gasteiger partial charge in [0.05, 0.1) is 5.69 Å². The molecule has 0 spiro atoms. The first-order valence-corrected chi connectivity index (χ1v) is 8.39. The summed E-state index contributed by atoms with van der Waals surface area (Å²) in [6.07, 6.45) is 3.78. The van der Waals surface area contributed by atoms with Gasteiger partial charge in [-0.05, 0) is 31.9 Å². The number of hydrogen-bond acceptors (Lipinski definition) is 3. The number of benzene rings is 1. The van der Waals surface area contributed by atoms with Crippen LogP contribution < -0.4 is 5.32 Å². The second-order valence-corrected chi connectivity index (χ2v) is 6.52. The van der Waals surface area contributed by atoms with E-state index in [1.807, 2.05) is 11.3 Å². The molecule has 2 nitrogen and oxygen atoms in total. The summed E-state index contributed by atoms with van der Waals surface area (Å²) in [6.45, 7) is 5.32. The van der Waals surface area contributed by atoms with Gasteiger partial charge in [0.15, 0.2) is 0 Å². The third-order valence-corrected chi connectivity index (χ3v) is 5.48. The van der Waals surface area contributed by atoms with Crippen LogP contribution in [-0.2, 0) is 5.41 Å². The Balaban J connectivity index is 1.91. The van der Waals surface area contributed by atoms with Gasteiger partial charge in [0.1, 0.15) is 5.01 Å². The molecule has 1 N–H and O–H groups in total. The zero-order valence-corrected chi connectivity index (χ0v) is 13.0. The quantitative estimate of drug-likeness (QED) is 0.887. The standard InChI is InChI=1S/C17H22N2S/c1-3-18-13(2)15-12-20-16(19-15)17(10-7-11-17)14-8-5-4-6-9-14/h4-6,8-9,12-13,18H,3,7,10-11H2,1-2H3. The summed E-state index contributed by atoms with van der Waals surface area (Å²) in [6, 6.07) is 11.2. The van der Waals surface area contributed by atoms with Crippen LogP contribution in [0.3, 0.4) is 0 Å². The molecule has 0 bridgehead atoms. The van der Waals surface area contributed by atoms with Crippen LogP contribution in [-0.4, -0.2) is 11.5 Å². The molecule has 106 valence electrons. The second kappa shape index (κ2) is 5.66. The fraction of sp³-hybridized carbons (Fsp3) is 0.471. The number of nitrogens with zero attached hydrogens (tertiary/aromatic N) is 1. The predicted octanol–water partition coefficient (Wildman–Crippen LogP) is 4.28. The number of hydrogen-bond donors (Lipinski definition) is 1. The second-order valence-electron chi connectivity index (χ2n) is 5.66. The highest BCUT2D eigenvalue weighted by Gasteiger charge is 2.42. The summed E-state index contributed by atoms with van der Waals surface area (Å²) in [5.74, 6) is 0. The van der Waals surface area contributed by atoms with Gasteiger partial charge in [-0.25, -0.2) is 4.98 Å². The van der Waals surface area contributed by atoms with Crippen LogP contribution in [0.2, 0.25) is 0 Å². The van der Waals surface area contributed by atoms with Gasteiger partial charge in [0.2, 0.25) is 0 Å². The van der Waals surface area contributed by atoms with E-state index >= 15 is 0 Å². The van der Waals surface area contributed by atoms with Gasteiger partial charge in [-0.3, -0.25) is 0 Å². The zero-order valence-electron chi connectivity index (χ0n) is 12.2. The van der Waals surface area contributed by atoms with Crippen molar-refractivity contribution in [2.45, 2.75) is 44.6 Å². The van der Waals surface area contributed by atoms with Gasteiger partial charge in [-0.1, -0.05) is 43.7 Å². The zero-order chi connectivity index (χ0) is 14.0. The molecule has 2 aromatic rings. The van der Waals surface area contributed by atoms with Crippen molar-refractivity contribution in [1.82, 2.24) is 10.3 Å². The van der Waals surface area contributed by atoms with Crippen LogP contribution in [0, 0.1) is 0 Å². The van der Waals surface area contributed by atoms with Crippen LogP contribution >= 0.6 is 11.3 Å². The lowest BCUT2D eigenvalue weighted by Gasteiger charge is -2.40. The van der Waals surface area contributed by atoms with Gasteiger partial charge in [0, 0.05) is 16.8 Å². The molecule has 1 aliphatic carbocycles. The van der Waals surface area contributed by atoms with E-state index in [9.17, 15) is 0 Å². The SMILES string of the molecule is CCNC(C)c1csc(C2(c3ccccc3)CCC2)n1. The number of nitrogens with one attached hydrogen (secondary N) is 1. The summed E-state index contributed by atoms with van der Waals surface area (Å²) in [5, 5.41) is 6.98. The third kappa shape index (κ3) is 2.29. The van der Waals surface area contributed by atoms with E-state index < -0.39 is 0 Å². The van der Waals surface area contributed by atoms with Crippen LogP contribution in [0.4, 0.5) is 0 Å². The fourth-order valence-electron chi connectivity index (χ4n) is 3.03. The number of rotatable bonds is 5. The Kier molecular flexibility index (Phi) is 3.90. The highest BCUT2D eigenvalue weighted by atomic mass is 32.1. The van der Waals surface area contributed by atoms with E-state index in [0.29, 0.717) is 6.04 Å². The molecule has 0 aliphatic heterocycles. The van der Waals surface area contributed by atoms with E-state index in [0.717, 1.165) is 6.54 Å². The summed E-state index contributed by atoms with van der Waals surface area (Å²) < 4.78 is 0. The normalized spacial score (nSPS) is 18.5. The van der Waals surface area contributed by atoms with Crippen LogP contribution in [0.5, 0.6) is 0 Å². The van der Waals surface area contributed by atoms with E-state index in [1.165, 1.54) is 35.5 Å². The fourth-order valence-corrected chi connectivity index (χ4v) is 4.22. The van der Waals surface area contributed by atoms with E-state index in [2.05, 4.69) is 54.9 Å². The molecule has 1 fully saturated rings. The van der Waals surface area contributed by atoms with Gasteiger partial charge >= 0.3 is 0 Å². The molecule has 0 radical (unpaired) electrons. The highest BCUT2D eigenvalue weighted by molar-refractivity contribution is 7.09. The van der Waals surface area contributed by atoms with Crippen molar-refractivity contribution in [2.75, 3.05) is 6.54 Å². The first kappa shape index (κ1) is 13.8. The maximum Gasteiger partial charge on any atom is 0.103 e. The van der Waals surface area contributed by atoms with Gasteiger partial charge < -0.3 is 5.32 Å². The molecule has 0 saturated heterocycles. The van der Waals surface area contributed by atoms with E-state index in [1.54, 1.807) is 0 Å². The van der Waals surface area contributed by atoms with Crippen molar-refractivity contribution in [3.8, 4) is 0 Å². The Morgan fingerprint density at radius 1 is 1.30 bits per heavy atom. The van der Waals surface area contributed by atoms with Gasteiger partial charge in [-0.2, -0.15) is 0 Å². The first-order chi connectivity index (χ1) is 9.76. The molecule has 3 heteroatoms. The lowest BCUT2D eigenvalue weighted by atomic mass is 9.65. The van der Waals surface area contributed by atoms with Crippen molar-refractivity contribution >= 4 is 11.3 Å². The molecule has 0 amide bonds. The summed E-state index contributed by atoms with van der Waals surface area (Å²) in [7, 11) is 0.